The molecule has 1 aromatic heterocycles. The Labute approximate surface area is 177 Å². The summed E-state index contributed by atoms with van der Waals surface area (Å²) >= 11 is 1.28. The normalized spacial score (nSPS) is 13.8. The number of aliphatic carboxylic acids is 1. The Bertz CT molecular complexity index is 828. The predicted molar refractivity (Wildman–Crippen MR) is 106 cm³/mol. The summed E-state index contributed by atoms with van der Waals surface area (Å²) in [5, 5.41) is 8.64. The summed E-state index contributed by atoms with van der Waals surface area (Å²) in [5.41, 5.74) is -0.949. The Hall–Kier alpha value is -1.66. The fraction of sp³-hybridized carbons (Fsp3) is 0.667. The summed E-state index contributed by atoms with van der Waals surface area (Å²) in [6.07, 6.45) is -3.31. The Balaban J connectivity index is 2.88. The zero-order valence-electron chi connectivity index (χ0n) is 16.9. The second-order valence-electron chi connectivity index (χ2n) is 7.75. The van der Waals surface area contributed by atoms with Crippen LogP contribution in [0, 0.1) is 0 Å². The van der Waals surface area contributed by atoms with Gasteiger partial charge >= 0.3 is 18.1 Å². The molecule has 0 aliphatic heterocycles. The van der Waals surface area contributed by atoms with Gasteiger partial charge < -0.3 is 9.84 Å². The van der Waals surface area contributed by atoms with E-state index in [2.05, 4.69) is 0 Å². The van der Waals surface area contributed by atoms with Crippen LogP contribution in [-0.2, 0) is 37.2 Å². The van der Waals surface area contributed by atoms with Gasteiger partial charge in [-0.3, -0.25) is 9.59 Å². The molecule has 12 heteroatoms. The molecule has 0 saturated carbocycles. The topological polar surface area (TPSA) is 110 Å². The Morgan fingerprint density at radius 1 is 1.17 bits per heavy atom. The minimum atomic E-state index is -4.95. The number of nitrogens with one attached hydrogen (secondary N) is 1. The number of carbonyl (C=O) groups excluding carboxylic acids is 1. The number of rotatable bonds is 11. The van der Waals surface area contributed by atoms with Crippen molar-refractivity contribution in [1.29, 1.82) is 0 Å². The van der Waals surface area contributed by atoms with Gasteiger partial charge in [0.15, 0.2) is 5.75 Å². The quantitative estimate of drug-likeness (QED) is 0.377. The third-order valence-electron chi connectivity index (χ3n) is 3.55. The summed E-state index contributed by atoms with van der Waals surface area (Å²) in [6, 6.07) is 1.92. The maximum Gasteiger partial charge on any atom is 0.404 e. The van der Waals surface area contributed by atoms with Crippen LogP contribution in [0.2, 0.25) is 0 Å². The van der Waals surface area contributed by atoms with E-state index in [9.17, 15) is 31.2 Å². The number of ether oxygens (including phenoxy) is 1. The summed E-state index contributed by atoms with van der Waals surface area (Å²) in [5.74, 6) is -3.95. The lowest BCUT2D eigenvalue weighted by Gasteiger charge is -2.24. The second kappa shape index (κ2) is 10.6. The van der Waals surface area contributed by atoms with Crippen molar-refractivity contribution < 1.29 is 41.0 Å². The third kappa shape index (κ3) is 11.5. The molecule has 0 aliphatic rings. The van der Waals surface area contributed by atoms with E-state index in [1.54, 1.807) is 32.9 Å². The zero-order chi connectivity index (χ0) is 23.2. The summed E-state index contributed by atoms with van der Waals surface area (Å²) in [7, 11) is -4.80. The predicted octanol–water partition coefficient (Wildman–Crippen LogP) is 3.28. The summed E-state index contributed by atoms with van der Waals surface area (Å²) in [6.45, 7) is 4.69. The van der Waals surface area contributed by atoms with E-state index in [4.69, 9.17) is 9.84 Å². The number of alkyl halides is 3. The number of halogens is 3. The van der Waals surface area contributed by atoms with E-state index >= 15 is 0 Å². The minimum Gasteiger partial charge on any atom is -0.481 e. The van der Waals surface area contributed by atoms with Crippen molar-refractivity contribution >= 4 is 33.3 Å². The molecule has 0 aliphatic carbocycles. The van der Waals surface area contributed by atoms with Gasteiger partial charge in [0.2, 0.25) is 10.0 Å². The lowest BCUT2D eigenvalue weighted by Crippen LogP contribution is -2.47. The number of thiophene rings is 1. The number of unbranched alkanes of at least 4 members (excludes halogenated alkanes) is 1. The van der Waals surface area contributed by atoms with Crippen molar-refractivity contribution in [3.8, 4) is 0 Å². The van der Waals surface area contributed by atoms with Crippen molar-refractivity contribution in [3.05, 3.63) is 21.9 Å². The van der Waals surface area contributed by atoms with Crippen LogP contribution >= 0.6 is 11.3 Å². The molecular formula is C18H26F3NO6S2. The Morgan fingerprint density at radius 3 is 2.30 bits per heavy atom. The number of carboxylic acid groups (broad SMARTS) is 1. The van der Waals surface area contributed by atoms with E-state index in [1.807, 2.05) is 4.72 Å². The fourth-order valence-electron chi connectivity index (χ4n) is 2.46. The highest BCUT2D eigenvalue weighted by Crippen LogP contribution is 2.23. The van der Waals surface area contributed by atoms with Crippen molar-refractivity contribution in [2.75, 3.05) is 5.75 Å². The standard InChI is InChI=1S/C18H26F3NO6S2/c1-17(2,3)28-16(25)14(22-30(26,27)11-18(19,20)21)10-13-9-8-12(29-13)6-4-5-7-15(23)24/h8-9,14,22H,4-7,10-11H2,1-3H3,(H,23,24). The molecule has 0 saturated heterocycles. The second-order valence-corrected chi connectivity index (χ2v) is 10.8. The minimum absolute atomic E-state index is 0.0555. The molecular weight excluding hydrogens is 447 g/mol. The molecule has 0 radical (unpaired) electrons. The van der Waals surface area contributed by atoms with Crippen LogP contribution < -0.4 is 4.72 Å². The number of hydrogen-bond acceptors (Lipinski definition) is 6. The van der Waals surface area contributed by atoms with E-state index in [0.717, 1.165) is 4.88 Å². The highest BCUT2D eigenvalue weighted by atomic mass is 32.2. The molecule has 1 aromatic rings. The molecule has 7 nitrogen and oxygen atoms in total. The lowest BCUT2D eigenvalue weighted by molar-refractivity contribution is -0.157. The van der Waals surface area contributed by atoms with Crippen LogP contribution in [0.5, 0.6) is 0 Å². The third-order valence-corrected chi connectivity index (χ3v) is 6.07. The van der Waals surface area contributed by atoms with Crippen molar-refractivity contribution in [2.24, 2.45) is 0 Å². The molecule has 172 valence electrons. The van der Waals surface area contributed by atoms with Crippen LogP contribution in [0.25, 0.3) is 0 Å². The summed E-state index contributed by atoms with van der Waals surface area (Å²) < 4.78 is 68.3. The number of esters is 1. The average molecular weight is 474 g/mol. The monoisotopic (exact) mass is 473 g/mol. The number of sulfonamides is 1. The molecule has 0 amide bonds. The highest BCUT2D eigenvalue weighted by molar-refractivity contribution is 7.89. The molecule has 1 rings (SSSR count). The van der Waals surface area contributed by atoms with Gasteiger partial charge in [-0.25, -0.2) is 13.1 Å². The SMILES string of the molecule is CC(C)(C)OC(=O)C(Cc1ccc(CCCCC(=O)O)s1)NS(=O)(=O)CC(F)(F)F. The van der Waals surface area contributed by atoms with Gasteiger partial charge in [0.25, 0.3) is 0 Å². The lowest BCUT2D eigenvalue weighted by atomic mass is 10.1. The van der Waals surface area contributed by atoms with E-state index in [0.29, 0.717) is 24.1 Å². The molecule has 2 N–H and O–H groups in total. The molecule has 1 unspecified atom stereocenters. The molecule has 0 spiro atoms. The molecule has 1 atom stereocenters. The number of carbonyl (C=O) groups is 2. The van der Waals surface area contributed by atoms with Crippen molar-refractivity contribution in [3.63, 3.8) is 0 Å². The largest absolute Gasteiger partial charge is 0.481 e. The van der Waals surface area contributed by atoms with Crippen LogP contribution in [0.1, 0.15) is 49.8 Å². The van der Waals surface area contributed by atoms with Crippen LogP contribution in [-0.4, -0.2) is 49.0 Å². The Kier molecular flexibility index (Phi) is 9.30. The van der Waals surface area contributed by atoms with Gasteiger partial charge in [0.1, 0.15) is 11.6 Å². The van der Waals surface area contributed by atoms with Crippen molar-refractivity contribution in [1.82, 2.24) is 4.72 Å². The highest BCUT2D eigenvalue weighted by Gasteiger charge is 2.38. The molecule has 0 bridgehead atoms. The molecule has 30 heavy (non-hydrogen) atoms. The molecule has 0 aromatic carbocycles. The maximum atomic E-state index is 12.5. The van der Waals surface area contributed by atoms with E-state index in [-0.39, 0.29) is 12.8 Å². The fourth-order valence-corrected chi connectivity index (χ4v) is 4.70. The number of hydrogen-bond donors (Lipinski definition) is 2. The van der Waals surface area contributed by atoms with Gasteiger partial charge in [-0.1, -0.05) is 0 Å². The summed E-state index contributed by atoms with van der Waals surface area (Å²) in [4.78, 5) is 24.4. The smallest absolute Gasteiger partial charge is 0.404 e. The van der Waals surface area contributed by atoms with Crippen LogP contribution in [0.3, 0.4) is 0 Å². The first kappa shape index (κ1) is 26.4. The van der Waals surface area contributed by atoms with Crippen LogP contribution in [0.4, 0.5) is 13.2 Å². The number of carboxylic acids is 1. The van der Waals surface area contributed by atoms with Gasteiger partial charge in [0.05, 0.1) is 0 Å². The van der Waals surface area contributed by atoms with Gasteiger partial charge in [-0.05, 0) is 52.2 Å². The van der Waals surface area contributed by atoms with Crippen molar-refractivity contribution in [2.45, 2.75) is 70.7 Å². The maximum absolute atomic E-state index is 12.5. The Morgan fingerprint density at radius 2 is 1.77 bits per heavy atom. The van der Waals surface area contributed by atoms with Gasteiger partial charge in [-0.15, -0.1) is 11.3 Å². The van der Waals surface area contributed by atoms with Gasteiger partial charge in [-0.2, -0.15) is 13.2 Å². The first-order valence-corrected chi connectivity index (χ1v) is 11.6. The molecule has 0 fully saturated rings. The first-order valence-electron chi connectivity index (χ1n) is 9.15. The zero-order valence-corrected chi connectivity index (χ0v) is 18.5. The number of aryl methyl sites for hydroxylation is 1. The molecule has 1 heterocycles. The van der Waals surface area contributed by atoms with E-state index in [1.165, 1.54) is 11.3 Å². The van der Waals surface area contributed by atoms with Gasteiger partial charge in [0, 0.05) is 22.6 Å². The van der Waals surface area contributed by atoms with E-state index < -0.39 is 45.5 Å². The average Bonchev–Trinajstić information content (AvgIpc) is 2.94. The first-order chi connectivity index (χ1) is 13.6. The van der Waals surface area contributed by atoms with Crippen LogP contribution in [0.15, 0.2) is 12.1 Å².